The number of benzene rings is 1. The summed E-state index contributed by atoms with van der Waals surface area (Å²) in [6.07, 6.45) is -0.708. The maximum absolute atomic E-state index is 11.9. The molecule has 6 heteroatoms. The van der Waals surface area contributed by atoms with Crippen molar-refractivity contribution < 1.29 is 19.4 Å². The van der Waals surface area contributed by atoms with Crippen LogP contribution in [0.3, 0.4) is 0 Å². The lowest BCUT2D eigenvalue weighted by molar-refractivity contribution is -0.123. The predicted octanol–water partition coefficient (Wildman–Crippen LogP) is 1.08. The summed E-state index contributed by atoms with van der Waals surface area (Å²) in [4.78, 5) is 13.8. The molecule has 122 valence electrons. The molecule has 1 aromatic carbocycles. The highest BCUT2D eigenvalue weighted by Crippen LogP contribution is 2.39. The molecule has 0 fully saturated rings. The summed E-state index contributed by atoms with van der Waals surface area (Å²) < 4.78 is 10.7. The number of aliphatic hydroxyl groups excluding tert-OH is 1. The Morgan fingerprint density at radius 3 is 2.59 bits per heavy atom. The van der Waals surface area contributed by atoms with Crippen molar-refractivity contribution >= 4 is 5.91 Å². The number of nitrogens with zero attached hydrogens (tertiary/aromatic N) is 1. The third-order valence-electron chi connectivity index (χ3n) is 3.68. The molecule has 0 saturated carbocycles. The molecule has 1 aliphatic heterocycles. The molecule has 0 bridgehead atoms. The van der Waals surface area contributed by atoms with E-state index in [9.17, 15) is 9.90 Å². The molecule has 22 heavy (non-hydrogen) atoms. The lowest BCUT2D eigenvalue weighted by Crippen LogP contribution is -2.43. The Morgan fingerprint density at radius 1 is 1.36 bits per heavy atom. The monoisotopic (exact) mass is 308 g/mol. The summed E-state index contributed by atoms with van der Waals surface area (Å²) in [6.45, 7) is 5.02. The minimum atomic E-state index is -0.708. The first-order chi connectivity index (χ1) is 10.5. The van der Waals surface area contributed by atoms with Crippen LogP contribution in [0.25, 0.3) is 0 Å². The Labute approximate surface area is 131 Å². The number of amides is 1. The molecule has 6 nitrogen and oxygen atoms in total. The smallest absolute Gasteiger partial charge is 0.234 e. The van der Waals surface area contributed by atoms with Gasteiger partial charge in [-0.3, -0.25) is 9.69 Å². The van der Waals surface area contributed by atoms with Gasteiger partial charge in [0.05, 0.1) is 26.9 Å². The Kier molecular flexibility index (Phi) is 5.26. The Bertz CT molecular complexity index is 545. The van der Waals surface area contributed by atoms with Gasteiger partial charge in [-0.05, 0) is 26.0 Å². The van der Waals surface area contributed by atoms with Gasteiger partial charge in [0, 0.05) is 30.3 Å². The van der Waals surface area contributed by atoms with Gasteiger partial charge in [0.25, 0.3) is 0 Å². The van der Waals surface area contributed by atoms with Gasteiger partial charge in [0.15, 0.2) is 0 Å². The van der Waals surface area contributed by atoms with Gasteiger partial charge in [0.1, 0.15) is 11.5 Å². The molecule has 1 aromatic rings. The van der Waals surface area contributed by atoms with Crippen LogP contribution >= 0.6 is 0 Å². The summed E-state index contributed by atoms with van der Waals surface area (Å²) in [7, 11) is 3.18. The van der Waals surface area contributed by atoms with E-state index in [0.29, 0.717) is 24.6 Å². The van der Waals surface area contributed by atoms with Gasteiger partial charge in [-0.25, -0.2) is 0 Å². The number of methoxy groups -OCH3 is 2. The van der Waals surface area contributed by atoms with Crippen LogP contribution in [-0.4, -0.2) is 49.3 Å². The Hall–Kier alpha value is -1.79. The Balaban J connectivity index is 2.23. The molecule has 2 N–H and O–H groups in total. The maximum atomic E-state index is 11.9. The van der Waals surface area contributed by atoms with Gasteiger partial charge in [-0.15, -0.1) is 0 Å². The summed E-state index contributed by atoms with van der Waals surface area (Å²) in [5, 5.41) is 13.3. The molecule has 1 heterocycles. The van der Waals surface area contributed by atoms with E-state index in [1.807, 2.05) is 24.8 Å². The van der Waals surface area contributed by atoms with Crippen LogP contribution in [0, 0.1) is 0 Å². The van der Waals surface area contributed by atoms with Crippen molar-refractivity contribution in [2.45, 2.75) is 32.5 Å². The number of hydrogen-bond acceptors (Lipinski definition) is 5. The molecule has 0 aromatic heterocycles. The van der Waals surface area contributed by atoms with Crippen LogP contribution in [-0.2, 0) is 11.3 Å². The van der Waals surface area contributed by atoms with E-state index in [2.05, 4.69) is 5.32 Å². The van der Waals surface area contributed by atoms with Gasteiger partial charge in [0.2, 0.25) is 5.91 Å². The van der Waals surface area contributed by atoms with Crippen molar-refractivity contribution in [3.05, 3.63) is 23.3 Å². The first kappa shape index (κ1) is 16.6. The maximum Gasteiger partial charge on any atom is 0.234 e. The zero-order valence-corrected chi connectivity index (χ0v) is 13.5. The van der Waals surface area contributed by atoms with Crippen LogP contribution in [0.15, 0.2) is 12.1 Å². The van der Waals surface area contributed by atoms with Gasteiger partial charge in [-0.2, -0.15) is 0 Å². The quantitative estimate of drug-likeness (QED) is 0.852. The second-order valence-corrected chi connectivity index (χ2v) is 5.77. The number of rotatable bonds is 5. The zero-order valence-electron chi connectivity index (χ0n) is 13.5. The van der Waals surface area contributed by atoms with E-state index in [1.165, 1.54) is 0 Å². The van der Waals surface area contributed by atoms with Crippen molar-refractivity contribution in [1.29, 1.82) is 0 Å². The molecular formula is C16H24N2O4. The highest BCUT2D eigenvalue weighted by molar-refractivity contribution is 5.78. The van der Waals surface area contributed by atoms with E-state index < -0.39 is 6.10 Å². The first-order valence-electron chi connectivity index (χ1n) is 7.39. The lowest BCUT2D eigenvalue weighted by atomic mass is 9.95. The van der Waals surface area contributed by atoms with Gasteiger partial charge >= 0.3 is 0 Å². The van der Waals surface area contributed by atoms with Crippen LogP contribution in [0.2, 0.25) is 0 Å². The third-order valence-corrected chi connectivity index (χ3v) is 3.68. The summed E-state index contributed by atoms with van der Waals surface area (Å²) in [5.74, 6) is 1.30. The average Bonchev–Trinajstić information content (AvgIpc) is 2.45. The van der Waals surface area contributed by atoms with Crippen molar-refractivity contribution in [3.63, 3.8) is 0 Å². The van der Waals surface area contributed by atoms with E-state index in [-0.39, 0.29) is 18.5 Å². The summed E-state index contributed by atoms with van der Waals surface area (Å²) >= 11 is 0. The molecule has 0 spiro atoms. The molecule has 1 atom stereocenters. The fourth-order valence-corrected chi connectivity index (χ4v) is 2.84. The second kappa shape index (κ2) is 6.98. The first-order valence-corrected chi connectivity index (χ1v) is 7.39. The van der Waals surface area contributed by atoms with Crippen molar-refractivity contribution in [2.24, 2.45) is 0 Å². The molecule has 0 aliphatic carbocycles. The minimum absolute atomic E-state index is 0.0486. The summed E-state index contributed by atoms with van der Waals surface area (Å²) in [5.41, 5.74) is 1.63. The van der Waals surface area contributed by atoms with Crippen molar-refractivity contribution in [1.82, 2.24) is 10.2 Å². The number of carbonyl (C=O) groups excluding carboxylic acids is 1. The molecule has 0 radical (unpaired) electrons. The average molecular weight is 308 g/mol. The molecule has 1 amide bonds. The number of carbonyl (C=O) groups is 1. The predicted molar refractivity (Wildman–Crippen MR) is 83.1 cm³/mol. The highest BCUT2D eigenvalue weighted by atomic mass is 16.5. The minimum Gasteiger partial charge on any atom is -0.496 e. The number of hydrogen-bond donors (Lipinski definition) is 2. The SMILES string of the molecule is COc1ccc(OC)c2c1CN(CC(=O)NC(C)C)C[C@H]2O. The van der Waals surface area contributed by atoms with E-state index in [4.69, 9.17) is 9.47 Å². The van der Waals surface area contributed by atoms with Crippen molar-refractivity contribution in [2.75, 3.05) is 27.3 Å². The number of nitrogens with one attached hydrogen (secondary N) is 1. The van der Waals surface area contributed by atoms with Gasteiger partial charge in [-0.1, -0.05) is 0 Å². The Morgan fingerprint density at radius 2 is 2.00 bits per heavy atom. The highest BCUT2D eigenvalue weighted by Gasteiger charge is 2.30. The van der Waals surface area contributed by atoms with Crippen LogP contribution in [0.5, 0.6) is 11.5 Å². The standard InChI is InChI=1S/C16H24N2O4/c1-10(2)17-15(20)9-18-7-11-13(21-3)5-6-14(22-4)16(11)12(19)8-18/h5-6,10,12,19H,7-9H2,1-4H3,(H,17,20)/t12-/m1/s1. The van der Waals surface area contributed by atoms with E-state index >= 15 is 0 Å². The normalized spacial score (nSPS) is 18.0. The summed E-state index contributed by atoms with van der Waals surface area (Å²) in [6, 6.07) is 3.72. The number of ether oxygens (including phenoxy) is 2. The third kappa shape index (κ3) is 3.51. The van der Waals surface area contributed by atoms with E-state index in [1.54, 1.807) is 20.3 Å². The fraction of sp³-hybridized carbons (Fsp3) is 0.562. The topological polar surface area (TPSA) is 71.0 Å². The largest absolute Gasteiger partial charge is 0.496 e. The molecule has 0 unspecified atom stereocenters. The van der Waals surface area contributed by atoms with Crippen LogP contribution in [0.4, 0.5) is 0 Å². The van der Waals surface area contributed by atoms with Gasteiger partial charge < -0.3 is 19.9 Å². The number of β-amino-alcohol motifs (C(OH)–C–C–N with tert-alkyl or cyclic N) is 1. The van der Waals surface area contributed by atoms with E-state index in [0.717, 1.165) is 11.1 Å². The molecular weight excluding hydrogens is 284 g/mol. The molecule has 2 rings (SSSR count). The molecule has 1 aliphatic rings. The molecule has 0 saturated heterocycles. The second-order valence-electron chi connectivity index (χ2n) is 5.77. The van der Waals surface area contributed by atoms with Crippen LogP contribution in [0.1, 0.15) is 31.1 Å². The number of aliphatic hydroxyl groups is 1. The number of fused-ring (bicyclic) bond motifs is 1. The zero-order chi connectivity index (χ0) is 16.3. The van der Waals surface area contributed by atoms with Crippen LogP contribution < -0.4 is 14.8 Å². The van der Waals surface area contributed by atoms with Crippen molar-refractivity contribution in [3.8, 4) is 11.5 Å². The lowest BCUT2D eigenvalue weighted by Gasteiger charge is -2.33. The fourth-order valence-electron chi connectivity index (χ4n) is 2.84.